The number of anilines is 1. The zero-order valence-corrected chi connectivity index (χ0v) is 18.7. The molecule has 4 aromatic rings. The molecule has 2 aromatic carbocycles. The Morgan fingerprint density at radius 2 is 1.90 bits per heavy atom. The summed E-state index contributed by atoms with van der Waals surface area (Å²) in [5.41, 5.74) is 2.90. The van der Waals surface area contributed by atoms with Gasteiger partial charge in [-0.15, -0.1) is 5.10 Å². The number of carbonyl (C=O) groups excluding carboxylic acids is 1. The Hall–Kier alpha value is -3.11. The van der Waals surface area contributed by atoms with E-state index in [9.17, 15) is 9.18 Å². The summed E-state index contributed by atoms with van der Waals surface area (Å²) in [5, 5.41) is 11.7. The first-order valence-electron chi connectivity index (χ1n) is 9.19. The van der Waals surface area contributed by atoms with Gasteiger partial charge in [-0.2, -0.15) is 0 Å². The molecule has 0 aliphatic carbocycles. The van der Waals surface area contributed by atoms with E-state index in [1.165, 1.54) is 28.6 Å². The number of rotatable bonds is 6. The van der Waals surface area contributed by atoms with Gasteiger partial charge in [0.25, 0.3) is 5.91 Å². The van der Waals surface area contributed by atoms with Crippen LogP contribution in [-0.4, -0.2) is 30.9 Å². The fourth-order valence-corrected chi connectivity index (χ4v) is 4.11. The number of nitrogens with zero attached hydrogens (tertiary/aromatic N) is 5. The third-order valence-electron chi connectivity index (χ3n) is 4.37. The minimum absolute atomic E-state index is 0.176. The van der Waals surface area contributed by atoms with Crippen LogP contribution in [-0.2, 0) is 5.75 Å². The van der Waals surface area contributed by atoms with Crippen molar-refractivity contribution in [3.8, 4) is 5.69 Å². The third kappa shape index (κ3) is 4.97. The predicted molar refractivity (Wildman–Crippen MR) is 120 cm³/mol. The maximum Gasteiger partial charge on any atom is 0.278 e. The summed E-state index contributed by atoms with van der Waals surface area (Å²) in [4.78, 5) is 21.4. The van der Waals surface area contributed by atoms with Gasteiger partial charge in [0, 0.05) is 28.3 Å². The molecule has 2 heterocycles. The van der Waals surface area contributed by atoms with Crippen LogP contribution in [0.2, 0.25) is 0 Å². The van der Waals surface area contributed by atoms with E-state index in [2.05, 4.69) is 41.5 Å². The minimum Gasteiger partial charge on any atom is -0.320 e. The molecule has 1 N–H and O–H groups in total. The van der Waals surface area contributed by atoms with Crippen LogP contribution in [0, 0.1) is 12.7 Å². The van der Waals surface area contributed by atoms with E-state index in [0.717, 1.165) is 10.0 Å². The van der Waals surface area contributed by atoms with Crippen LogP contribution >= 0.6 is 27.7 Å². The summed E-state index contributed by atoms with van der Waals surface area (Å²) in [7, 11) is 0. The van der Waals surface area contributed by atoms with E-state index < -0.39 is 0 Å². The number of carbonyl (C=O) groups is 1. The van der Waals surface area contributed by atoms with Crippen molar-refractivity contribution >= 4 is 39.3 Å². The topological polar surface area (TPSA) is 85.6 Å². The lowest BCUT2D eigenvalue weighted by atomic mass is 10.2. The van der Waals surface area contributed by atoms with Gasteiger partial charge in [-0.3, -0.25) is 4.79 Å². The van der Waals surface area contributed by atoms with Crippen LogP contribution in [0.1, 0.15) is 21.7 Å². The van der Waals surface area contributed by atoms with E-state index in [1.807, 2.05) is 25.1 Å². The molecular formula is C21H16BrFN6OS. The van der Waals surface area contributed by atoms with Gasteiger partial charge < -0.3 is 5.32 Å². The molecule has 156 valence electrons. The van der Waals surface area contributed by atoms with Gasteiger partial charge in [-0.05, 0) is 61.0 Å². The first kappa shape index (κ1) is 21.1. The molecule has 1 amide bonds. The molecule has 0 spiro atoms. The average Bonchev–Trinajstić information content (AvgIpc) is 3.19. The van der Waals surface area contributed by atoms with Gasteiger partial charge in [0.1, 0.15) is 5.82 Å². The second-order valence-electron chi connectivity index (χ2n) is 6.51. The van der Waals surface area contributed by atoms with Crippen LogP contribution in [0.5, 0.6) is 0 Å². The summed E-state index contributed by atoms with van der Waals surface area (Å²) in [6, 6.07) is 13.1. The van der Waals surface area contributed by atoms with Crippen molar-refractivity contribution in [1.82, 2.24) is 25.0 Å². The lowest BCUT2D eigenvalue weighted by molar-refractivity contribution is 0.102. The summed E-state index contributed by atoms with van der Waals surface area (Å²) in [5.74, 6) is -0.402. The van der Waals surface area contributed by atoms with E-state index >= 15 is 0 Å². The largest absolute Gasteiger partial charge is 0.320 e. The molecule has 0 unspecified atom stereocenters. The van der Waals surface area contributed by atoms with E-state index in [1.54, 1.807) is 30.6 Å². The number of halogens is 2. The Morgan fingerprint density at radius 1 is 1.16 bits per heavy atom. The number of hydrogen-bond acceptors (Lipinski definition) is 6. The van der Waals surface area contributed by atoms with Crippen molar-refractivity contribution in [1.29, 1.82) is 0 Å². The number of aryl methyl sites for hydroxylation is 1. The monoisotopic (exact) mass is 498 g/mol. The number of benzene rings is 2. The van der Waals surface area contributed by atoms with Crippen LogP contribution in [0.3, 0.4) is 0 Å². The van der Waals surface area contributed by atoms with E-state index in [0.29, 0.717) is 28.0 Å². The zero-order chi connectivity index (χ0) is 21.8. The van der Waals surface area contributed by atoms with Crippen molar-refractivity contribution in [2.45, 2.75) is 17.8 Å². The molecule has 0 radical (unpaired) electrons. The highest BCUT2D eigenvalue weighted by molar-refractivity contribution is 9.10. The number of nitrogens with one attached hydrogen (secondary N) is 1. The van der Waals surface area contributed by atoms with E-state index in [-0.39, 0.29) is 17.4 Å². The molecule has 0 atom stereocenters. The van der Waals surface area contributed by atoms with Gasteiger partial charge in [-0.25, -0.2) is 19.0 Å². The Morgan fingerprint density at radius 3 is 2.61 bits per heavy atom. The highest BCUT2D eigenvalue weighted by atomic mass is 79.9. The fourth-order valence-electron chi connectivity index (χ4n) is 2.84. The van der Waals surface area contributed by atoms with E-state index in [4.69, 9.17) is 0 Å². The molecule has 31 heavy (non-hydrogen) atoms. The Kier molecular flexibility index (Phi) is 6.38. The molecule has 7 nitrogen and oxygen atoms in total. The second-order valence-corrected chi connectivity index (χ2v) is 8.36. The number of aromatic nitrogens is 5. The second kappa shape index (κ2) is 9.36. The molecule has 10 heteroatoms. The fraction of sp³-hybridized carbons (Fsp3) is 0.0952. The quantitative estimate of drug-likeness (QED) is 0.303. The first-order chi connectivity index (χ1) is 15.0. The van der Waals surface area contributed by atoms with Crippen LogP contribution < -0.4 is 5.32 Å². The van der Waals surface area contributed by atoms with Crippen LogP contribution in [0.4, 0.5) is 10.1 Å². The van der Waals surface area contributed by atoms with Crippen molar-refractivity contribution in [2.75, 3.05) is 5.32 Å². The molecule has 0 saturated carbocycles. The average molecular weight is 499 g/mol. The van der Waals surface area contributed by atoms with Gasteiger partial charge in [0.05, 0.1) is 11.4 Å². The van der Waals surface area contributed by atoms with Gasteiger partial charge in [0.2, 0.25) is 0 Å². The number of amides is 1. The van der Waals surface area contributed by atoms with Crippen molar-refractivity contribution in [3.63, 3.8) is 0 Å². The maximum absolute atomic E-state index is 13.4. The summed E-state index contributed by atoms with van der Waals surface area (Å²) in [6.45, 7) is 1.90. The standard InChI is InChI=1S/C21H16BrFN6OS/c1-13-11-14(22)3-8-17(13)26-20(30)19-18(12-31-21-24-9-2-10-25-21)29(28-27-19)16-6-4-15(23)5-7-16/h2-11H,12H2,1H3,(H,26,30). The van der Waals surface area contributed by atoms with Crippen molar-refractivity contribution in [3.05, 3.63) is 88.2 Å². The molecule has 0 fully saturated rings. The highest BCUT2D eigenvalue weighted by Crippen LogP contribution is 2.25. The summed E-state index contributed by atoms with van der Waals surface area (Å²) < 4.78 is 15.8. The minimum atomic E-state index is -0.386. The molecule has 0 aliphatic heterocycles. The van der Waals surface area contributed by atoms with Crippen LogP contribution in [0.15, 0.2) is 70.6 Å². The molecule has 0 saturated heterocycles. The van der Waals surface area contributed by atoms with Gasteiger partial charge in [-0.1, -0.05) is 32.9 Å². The predicted octanol–water partition coefficient (Wildman–Crippen LogP) is 4.81. The molecule has 0 bridgehead atoms. The molecular weight excluding hydrogens is 483 g/mol. The van der Waals surface area contributed by atoms with Crippen molar-refractivity contribution in [2.24, 2.45) is 0 Å². The lowest BCUT2D eigenvalue weighted by Gasteiger charge is -2.10. The Balaban J connectivity index is 1.67. The molecule has 4 rings (SSSR count). The number of hydrogen-bond donors (Lipinski definition) is 1. The maximum atomic E-state index is 13.4. The summed E-state index contributed by atoms with van der Waals surface area (Å²) >= 11 is 4.77. The van der Waals surface area contributed by atoms with Gasteiger partial charge >= 0.3 is 0 Å². The first-order valence-corrected chi connectivity index (χ1v) is 11.0. The van der Waals surface area contributed by atoms with Crippen LogP contribution in [0.25, 0.3) is 5.69 Å². The molecule has 2 aromatic heterocycles. The normalized spacial score (nSPS) is 10.8. The number of thioether (sulfide) groups is 1. The Bertz CT molecular complexity index is 1220. The Labute approximate surface area is 190 Å². The zero-order valence-electron chi connectivity index (χ0n) is 16.3. The third-order valence-corrected chi connectivity index (χ3v) is 5.75. The smallest absolute Gasteiger partial charge is 0.278 e. The van der Waals surface area contributed by atoms with Gasteiger partial charge in [0.15, 0.2) is 10.9 Å². The lowest BCUT2D eigenvalue weighted by Crippen LogP contribution is -2.16. The SMILES string of the molecule is Cc1cc(Br)ccc1NC(=O)c1nnn(-c2ccc(F)cc2)c1CSc1ncccn1. The highest BCUT2D eigenvalue weighted by Gasteiger charge is 2.22. The van der Waals surface area contributed by atoms with Crippen molar-refractivity contribution < 1.29 is 9.18 Å². The summed E-state index contributed by atoms with van der Waals surface area (Å²) in [6.07, 6.45) is 3.30. The molecule has 0 aliphatic rings.